The molecule has 0 aliphatic carbocycles. The number of ether oxygens (including phenoxy) is 5. The number of nitro benzene ring substituents is 1. The summed E-state index contributed by atoms with van der Waals surface area (Å²) in [6.07, 6.45) is 2.22. The number of carbonyl (C=O) groups is 2. The van der Waals surface area contributed by atoms with Gasteiger partial charge in [-0.25, -0.2) is 4.79 Å². The molecule has 2 aliphatic heterocycles. The Morgan fingerprint density at radius 2 is 1.70 bits per heavy atom. The molecule has 0 aromatic heterocycles. The highest BCUT2D eigenvalue weighted by atomic mass is 16.7. The van der Waals surface area contributed by atoms with Gasteiger partial charge in [0.1, 0.15) is 13.2 Å². The summed E-state index contributed by atoms with van der Waals surface area (Å²) in [6.45, 7) is 0.290. The number of hydrogen-bond acceptors (Lipinski definition) is 9. The molecule has 0 atom stereocenters. The van der Waals surface area contributed by atoms with Gasteiger partial charge < -0.3 is 23.7 Å². The fraction of sp³-hybridized carbons (Fsp3) is 0.200. The Morgan fingerprint density at radius 3 is 2.47 bits per heavy atom. The summed E-state index contributed by atoms with van der Waals surface area (Å²) >= 11 is 0. The molecular weight excluding hydrogens is 398 g/mol. The van der Waals surface area contributed by atoms with Gasteiger partial charge >= 0.3 is 5.97 Å². The van der Waals surface area contributed by atoms with Gasteiger partial charge in [-0.2, -0.15) is 0 Å². The maximum Gasteiger partial charge on any atom is 0.331 e. The molecule has 0 saturated carbocycles. The lowest BCUT2D eigenvalue weighted by molar-refractivity contribution is -0.385. The molecule has 0 unspecified atom stereocenters. The molecule has 4 rings (SSSR count). The van der Waals surface area contributed by atoms with Crippen LogP contribution in [0, 0.1) is 10.1 Å². The van der Waals surface area contributed by atoms with Gasteiger partial charge in [0.05, 0.1) is 16.6 Å². The smallest absolute Gasteiger partial charge is 0.331 e. The van der Waals surface area contributed by atoms with Gasteiger partial charge in [-0.05, 0) is 30.3 Å². The van der Waals surface area contributed by atoms with Crippen molar-refractivity contribution in [3.63, 3.8) is 0 Å². The minimum atomic E-state index is -0.826. The normalized spacial score (nSPS) is 13.9. The van der Waals surface area contributed by atoms with Gasteiger partial charge in [-0.1, -0.05) is 0 Å². The molecule has 0 spiro atoms. The van der Waals surface area contributed by atoms with Crippen molar-refractivity contribution in [1.82, 2.24) is 0 Å². The van der Waals surface area contributed by atoms with E-state index in [1.54, 1.807) is 12.1 Å². The van der Waals surface area contributed by atoms with Crippen molar-refractivity contribution in [1.29, 1.82) is 0 Å². The molecule has 10 nitrogen and oxygen atoms in total. The van der Waals surface area contributed by atoms with Crippen molar-refractivity contribution in [3.8, 4) is 23.0 Å². The number of carbonyl (C=O) groups excluding carboxylic acids is 2. The Morgan fingerprint density at radius 1 is 1.00 bits per heavy atom. The van der Waals surface area contributed by atoms with E-state index in [2.05, 4.69) is 0 Å². The molecule has 2 aromatic carbocycles. The summed E-state index contributed by atoms with van der Waals surface area (Å²) in [5.74, 6) is 0.334. The van der Waals surface area contributed by atoms with E-state index in [9.17, 15) is 19.7 Å². The van der Waals surface area contributed by atoms with Crippen LogP contribution in [0.25, 0.3) is 6.08 Å². The van der Waals surface area contributed by atoms with E-state index in [0.29, 0.717) is 36.0 Å². The van der Waals surface area contributed by atoms with Crippen molar-refractivity contribution < 1.29 is 38.2 Å². The van der Waals surface area contributed by atoms with Gasteiger partial charge in [-0.15, -0.1) is 0 Å². The van der Waals surface area contributed by atoms with Crippen molar-refractivity contribution in [2.24, 2.45) is 0 Å². The fourth-order valence-corrected chi connectivity index (χ4v) is 2.88. The first-order valence-corrected chi connectivity index (χ1v) is 8.87. The average molecular weight is 413 g/mol. The van der Waals surface area contributed by atoms with Crippen LogP contribution >= 0.6 is 0 Å². The third-order valence-corrected chi connectivity index (χ3v) is 4.33. The summed E-state index contributed by atoms with van der Waals surface area (Å²) in [4.78, 5) is 34.9. The van der Waals surface area contributed by atoms with Crippen LogP contribution in [-0.2, 0) is 9.53 Å². The summed E-state index contributed by atoms with van der Waals surface area (Å²) < 4.78 is 26.1. The third-order valence-electron chi connectivity index (χ3n) is 4.33. The molecule has 10 heteroatoms. The molecule has 0 N–H and O–H groups in total. The van der Waals surface area contributed by atoms with E-state index >= 15 is 0 Å². The topological polar surface area (TPSA) is 123 Å². The Labute approximate surface area is 169 Å². The number of benzene rings is 2. The number of Topliss-reactive ketones (excluding diaryl/α,β-unsaturated/α-hetero) is 1. The van der Waals surface area contributed by atoms with Crippen LogP contribution in [0.2, 0.25) is 0 Å². The third kappa shape index (κ3) is 4.02. The number of esters is 1. The second kappa shape index (κ2) is 8.11. The van der Waals surface area contributed by atoms with Gasteiger partial charge in [0.2, 0.25) is 6.79 Å². The van der Waals surface area contributed by atoms with E-state index in [0.717, 1.165) is 6.08 Å². The zero-order valence-electron chi connectivity index (χ0n) is 15.5. The van der Waals surface area contributed by atoms with Crippen LogP contribution in [-0.4, -0.2) is 43.3 Å². The molecule has 0 radical (unpaired) electrons. The van der Waals surface area contributed by atoms with Crippen molar-refractivity contribution in [2.45, 2.75) is 0 Å². The Bertz CT molecular complexity index is 1060. The first kappa shape index (κ1) is 19.2. The predicted molar refractivity (Wildman–Crippen MR) is 101 cm³/mol. The standard InChI is InChI=1S/C20H15NO9/c22-15(13-1-3-16-17(8-13)27-6-5-26-16)10-28-20(23)4-2-12-7-18-19(30-11-29-18)9-14(12)21(24)25/h1-4,7-9H,5-6,10-11H2/b4-2+. The maximum atomic E-state index is 12.3. The van der Waals surface area contributed by atoms with Crippen LogP contribution in [0.3, 0.4) is 0 Å². The highest BCUT2D eigenvalue weighted by Gasteiger charge is 2.22. The van der Waals surface area contributed by atoms with E-state index in [4.69, 9.17) is 23.7 Å². The number of ketones is 1. The molecule has 0 amide bonds. The quantitative estimate of drug-likeness (QED) is 0.231. The van der Waals surface area contributed by atoms with Gasteiger partial charge in [0.25, 0.3) is 5.69 Å². The summed E-state index contributed by atoms with van der Waals surface area (Å²) in [6, 6.07) is 7.30. The van der Waals surface area contributed by atoms with Gasteiger partial charge in [0.15, 0.2) is 35.4 Å². The van der Waals surface area contributed by atoms with E-state index < -0.39 is 23.3 Å². The monoisotopic (exact) mass is 413 g/mol. The van der Waals surface area contributed by atoms with E-state index in [-0.39, 0.29) is 23.8 Å². The maximum absolute atomic E-state index is 12.3. The number of nitrogens with zero attached hydrogens (tertiary/aromatic N) is 1. The summed E-state index contributed by atoms with van der Waals surface area (Å²) in [5.41, 5.74) is 0.192. The molecular formula is C20H15NO9. The largest absolute Gasteiger partial charge is 0.486 e. The Kier molecular flexibility index (Phi) is 5.21. The average Bonchev–Trinajstić information content (AvgIpc) is 3.22. The Balaban J connectivity index is 1.40. The molecule has 0 fully saturated rings. The highest BCUT2D eigenvalue weighted by molar-refractivity contribution is 5.99. The summed E-state index contributed by atoms with van der Waals surface area (Å²) in [7, 11) is 0. The van der Waals surface area contributed by atoms with Crippen molar-refractivity contribution in [3.05, 3.63) is 57.6 Å². The van der Waals surface area contributed by atoms with Gasteiger partial charge in [0, 0.05) is 11.6 Å². The predicted octanol–water partition coefficient (Wildman–Crippen LogP) is 2.53. The highest BCUT2D eigenvalue weighted by Crippen LogP contribution is 2.38. The molecule has 2 aliphatic rings. The lowest BCUT2D eigenvalue weighted by Gasteiger charge is -2.18. The molecule has 2 aromatic rings. The second-order valence-corrected chi connectivity index (χ2v) is 6.24. The SMILES string of the molecule is O=C(/C=C/c1cc2c(cc1[N+](=O)[O-])OCO2)OCC(=O)c1ccc2c(c1)OCCO2. The lowest BCUT2D eigenvalue weighted by atomic mass is 10.1. The minimum absolute atomic E-state index is 0.0380. The zero-order valence-corrected chi connectivity index (χ0v) is 15.5. The first-order chi connectivity index (χ1) is 14.5. The molecule has 0 saturated heterocycles. The van der Waals surface area contributed by atoms with Gasteiger partial charge in [-0.3, -0.25) is 14.9 Å². The molecule has 30 heavy (non-hydrogen) atoms. The molecule has 2 heterocycles. The van der Waals surface area contributed by atoms with E-state index in [1.807, 2.05) is 0 Å². The van der Waals surface area contributed by atoms with Crippen molar-refractivity contribution in [2.75, 3.05) is 26.6 Å². The number of fused-ring (bicyclic) bond motifs is 2. The van der Waals surface area contributed by atoms with Crippen LogP contribution < -0.4 is 18.9 Å². The number of hydrogen-bond donors (Lipinski definition) is 0. The minimum Gasteiger partial charge on any atom is -0.486 e. The number of rotatable bonds is 6. The first-order valence-electron chi connectivity index (χ1n) is 8.87. The van der Waals surface area contributed by atoms with Crippen LogP contribution in [0.4, 0.5) is 5.69 Å². The van der Waals surface area contributed by atoms with Crippen LogP contribution in [0.15, 0.2) is 36.4 Å². The molecule has 154 valence electrons. The lowest BCUT2D eigenvalue weighted by Crippen LogP contribution is -2.17. The van der Waals surface area contributed by atoms with Crippen LogP contribution in [0.5, 0.6) is 23.0 Å². The van der Waals surface area contributed by atoms with E-state index in [1.165, 1.54) is 24.3 Å². The second-order valence-electron chi connectivity index (χ2n) is 6.24. The molecule has 0 bridgehead atoms. The fourth-order valence-electron chi connectivity index (χ4n) is 2.88. The van der Waals surface area contributed by atoms with Crippen molar-refractivity contribution >= 4 is 23.5 Å². The summed E-state index contributed by atoms with van der Waals surface area (Å²) in [5, 5.41) is 11.2. The number of nitro groups is 1. The Hall–Kier alpha value is -4.08. The zero-order chi connectivity index (χ0) is 21.1. The van der Waals surface area contributed by atoms with Crippen LogP contribution in [0.1, 0.15) is 15.9 Å².